The van der Waals surface area contributed by atoms with E-state index in [0.717, 1.165) is 24.2 Å². The molecule has 0 unspecified atom stereocenters. The van der Waals surface area contributed by atoms with Gasteiger partial charge in [-0.25, -0.2) is 9.69 Å². The number of methoxy groups -OCH3 is 1. The van der Waals surface area contributed by atoms with Crippen molar-refractivity contribution in [2.45, 2.75) is 12.0 Å². The van der Waals surface area contributed by atoms with Crippen LogP contribution in [0.1, 0.15) is 23.1 Å². The SMILES string of the molecule is COCCN1C[C@@H](C(=O)N2C(=O)OC[C@H]2c2ccccc2)[C@H](c2ccccc2)C1. The van der Waals surface area contributed by atoms with Crippen molar-refractivity contribution in [2.24, 2.45) is 5.92 Å². The van der Waals surface area contributed by atoms with E-state index in [1.54, 1.807) is 7.11 Å². The zero-order valence-corrected chi connectivity index (χ0v) is 16.6. The molecule has 2 aromatic rings. The molecule has 0 aliphatic carbocycles. The number of nitrogens with zero attached hydrogens (tertiary/aromatic N) is 2. The Hall–Kier alpha value is -2.70. The van der Waals surface area contributed by atoms with Gasteiger partial charge in [-0.1, -0.05) is 60.7 Å². The van der Waals surface area contributed by atoms with Crippen LogP contribution in [-0.4, -0.2) is 61.8 Å². The van der Waals surface area contributed by atoms with E-state index in [4.69, 9.17) is 9.47 Å². The summed E-state index contributed by atoms with van der Waals surface area (Å²) in [4.78, 5) is 29.7. The highest BCUT2D eigenvalue weighted by Gasteiger charge is 2.46. The van der Waals surface area contributed by atoms with Crippen LogP contribution >= 0.6 is 0 Å². The van der Waals surface area contributed by atoms with Gasteiger partial charge in [-0.2, -0.15) is 0 Å². The second-order valence-electron chi connectivity index (χ2n) is 7.59. The third kappa shape index (κ3) is 4.04. The lowest BCUT2D eigenvalue weighted by atomic mass is 9.87. The molecule has 0 aromatic heterocycles. The first kappa shape index (κ1) is 19.6. The van der Waals surface area contributed by atoms with Gasteiger partial charge in [0.15, 0.2) is 0 Å². The fourth-order valence-electron chi connectivity index (χ4n) is 4.34. The highest BCUT2D eigenvalue weighted by molar-refractivity contribution is 5.95. The maximum Gasteiger partial charge on any atom is 0.417 e. The molecule has 2 heterocycles. The first-order valence-corrected chi connectivity index (χ1v) is 10.00. The number of ether oxygens (including phenoxy) is 2. The summed E-state index contributed by atoms with van der Waals surface area (Å²) in [6, 6.07) is 19.3. The Morgan fingerprint density at radius 1 is 1.03 bits per heavy atom. The second kappa shape index (κ2) is 8.76. The number of cyclic esters (lactones) is 1. The Kier molecular flexibility index (Phi) is 5.92. The van der Waals surface area contributed by atoms with Crippen LogP contribution in [0.25, 0.3) is 0 Å². The van der Waals surface area contributed by atoms with E-state index in [2.05, 4.69) is 17.0 Å². The molecule has 29 heavy (non-hydrogen) atoms. The molecule has 2 aliphatic heterocycles. The zero-order valence-electron chi connectivity index (χ0n) is 16.6. The Bertz CT molecular complexity index is 842. The predicted molar refractivity (Wildman–Crippen MR) is 108 cm³/mol. The monoisotopic (exact) mass is 394 g/mol. The Morgan fingerprint density at radius 3 is 2.34 bits per heavy atom. The van der Waals surface area contributed by atoms with Gasteiger partial charge in [0.1, 0.15) is 12.6 Å². The first-order chi connectivity index (χ1) is 14.2. The van der Waals surface area contributed by atoms with Gasteiger partial charge in [-0.05, 0) is 11.1 Å². The van der Waals surface area contributed by atoms with Gasteiger partial charge in [0, 0.05) is 32.7 Å². The van der Waals surface area contributed by atoms with Gasteiger partial charge in [0.2, 0.25) is 5.91 Å². The maximum atomic E-state index is 13.6. The fraction of sp³-hybridized carbons (Fsp3) is 0.391. The molecule has 0 radical (unpaired) electrons. The fourth-order valence-corrected chi connectivity index (χ4v) is 4.34. The minimum Gasteiger partial charge on any atom is -0.446 e. The standard InChI is InChI=1S/C23H26N2O4/c1-28-13-12-24-14-19(17-8-4-2-5-9-17)20(15-24)22(26)25-21(16-29-23(25)27)18-10-6-3-7-11-18/h2-11,19-21H,12-16H2,1H3/t19-,20+,21-/m0/s1. The van der Waals surface area contributed by atoms with E-state index in [9.17, 15) is 9.59 Å². The number of amides is 2. The highest BCUT2D eigenvalue weighted by atomic mass is 16.6. The molecular formula is C23H26N2O4. The number of carbonyl (C=O) groups is 2. The summed E-state index contributed by atoms with van der Waals surface area (Å²) < 4.78 is 10.5. The van der Waals surface area contributed by atoms with Gasteiger partial charge < -0.3 is 9.47 Å². The van der Waals surface area contributed by atoms with E-state index in [0.29, 0.717) is 13.2 Å². The maximum absolute atomic E-state index is 13.6. The number of hydrogen-bond acceptors (Lipinski definition) is 5. The third-order valence-corrected chi connectivity index (χ3v) is 5.85. The van der Waals surface area contributed by atoms with Crippen LogP contribution in [-0.2, 0) is 14.3 Å². The van der Waals surface area contributed by atoms with Crippen molar-refractivity contribution < 1.29 is 19.1 Å². The Balaban J connectivity index is 1.61. The van der Waals surface area contributed by atoms with E-state index >= 15 is 0 Å². The number of carbonyl (C=O) groups excluding carboxylic acids is 2. The molecule has 2 amide bonds. The van der Waals surface area contributed by atoms with Crippen molar-refractivity contribution >= 4 is 12.0 Å². The molecule has 3 atom stereocenters. The van der Waals surface area contributed by atoms with Crippen molar-refractivity contribution in [3.8, 4) is 0 Å². The Morgan fingerprint density at radius 2 is 1.69 bits per heavy atom. The summed E-state index contributed by atoms with van der Waals surface area (Å²) in [7, 11) is 1.68. The molecule has 2 aromatic carbocycles. The molecule has 4 rings (SSSR count). The van der Waals surface area contributed by atoms with Crippen LogP contribution in [0.15, 0.2) is 60.7 Å². The number of rotatable bonds is 6. The van der Waals surface area contributed by atoms with Crippen LogP contribution < -0.4 is 0 Å². The molecule has 2 saturated heterocycles. The molecule has 0 N–H and O–H groups in total. The zero-order chi connectivity index (χ0) is 20.2. The number of hydrogen-bond donors (Lipinski definition) is 0. The molecule has 0 saturated carbocycles. The highest BCUT2D eigenvalue weighted by Crippen LogP contribution is 2.37. The number of imide groups is 1. The molecule has 2 aliphatic rings. The van der Waals surface area contributed by atoms with E-state index < -0.39 is 6.09 Å². The molecule has 6 heteroatoms. The predicted octanol–water partition coefficient (Wildman–Crippen LogP) is 3.07. The average Bonchev–Trinajstić information content (AvgIpc) is 3.37. The van der Waals surface area contributed by atoms with E-state index in [-0.39, 0.29) is 30.4 Å². The van der Waals surface area contributed by atoms with Crippen LogP contribution in [0.3, 0.4) is 0 Å². The molecule has 0 spiro atoms. The average molecular weight is 394 g/mol. The van der Waals surface area contributed by atoms with Crippen LogP contribution in [0.4, 0.5) is 4.79 Å². The van der Waals surface area contributed by atoms with Crippen molar-refractivity contribution in [2.75, 3.05) is 40.0 Å². The van der Waals surface area contributed by atoms with Crippen molar-refractivity contribution in [1.29, 1.82) is 0 Å². The number of likely N-dealkylation sites (tertiary alicyclic amines) is 1. The molecule has 6 nitrogen and oxygen atoms in total. The van der Waals surface area contributed by atoms with Crippen LogP contribution in [0.5, 0.6) is 0 Å². The minimum atomic E-state index is -0.550. The van der Waals surface area contributed by atoms with E-state index in [1.807, 2.05) is 48.5 Å². The summed E-state index contributed by atoms with van der Waals surface area (Å²) in [6.45, 7) is 2.94. The van der Waals surface area contributed by atoms with Gasteiger partial charge in [-0.3, -0.25) is 9.69 Å². The summed E-state index contributed by atoms with van der Waals surface area (Å²) in [6.07, 6.45) is -0.550. The van der Waals surface area contributed by atoms with Crippen molar-refractivity contribution in [1.82, 2.24) is 9.80 Å². The van der Waals surface area contributed by atoms with Crippen molar-refractivity contribution in [3.05, 3.63) is 71.8 Å². The molecular weight excluding hydrogens is 368 g/mol. The molecule has 152 valence electrons. The minimum absolute atomic E-state index is 0.0328. The van der Waals surface area contributed by atoms with Crippen molar-refractivity contribution in [3.63, 3.8) is 0 Å². The topological polar surface area (TPSA) is 59.1 Å². The molecule has 0 bridgehead atoms. The van der Waals surface area contributed by atoms with Gasteiger partial charge in [0.05, 0.1) is 12.5 Å². The lowest BCUT2D eigenvalue weighted by Crippen LogP contribution is -2.41. The van der Waals surface area contributed by atoms with E-state index in [1.165, 1.54) is 4.90 Å². The van der Waals surface area contributed by atoms with Gasteiger partial charge >= 0.3 is 6.09 Å². The van der Waals surface area contributed by atoms with Crippen LogP contribution in [0.2, 0.25) is 0 Å². The number of benzene rings is 2. The van der Waals surface area contributed by atoms with Gasteiger partial charge in [0.25, 0.3) is 0 Å². The lowest BCUT2D eigenvalue weighted by Gasteiger charge is -2.26. The van der Waals surface area contributed by atoms with Crippen LogP contribution in [0, 0.1) is 5.92 Å². The quantitative estimate of drug-likeness (QED) is 0.754. The normalized spacial score (nSPS) is 24.7. The lowest BCUT2D eigenvalue weighted by molar-refractivity contribution is -0.133. The van der Waals surface area contributed by atoms with Gasteiger partial charge in [-0.15, -0.1) is 0 Å². The second-order valence-corrected chi connectivity index (χ2v) is 7.59. The summed E-state index contributed by atoms with van der Waals surface area (Å²) >= 11 is 0. The summed E-state index contributed by atoms with van der Waals surface area (Å²) in [5.74, 6) is -0.424. The largest absolute Gasteiger partial charge is 0.446 e. The Labute approximate surface area is 171 Å². The third-order valence-electron chi connectivity index (χ3n) is 5.85. The molecule has 2 fully saturated rings. The smallest absolute Gasteiger partial charge is 0.417 e. The summed E-state index contributed by atoms with van der Waals surface area (Å²) in [5.41, 5.74) is 2.03. The first-order valence-electron chi connectivity index (χ1n) is 10.00. The summed E-state index contributed by atoms with van der Waals surface area (Å²) in [5, 5.41) is 0.